The molecule has 2 aromatic carbocycles. The molecule has 8 heteroatoms. The van der Waals surface area contributed by atoms with E-state index in [9.17, 15) is 9.59 Å². The predicted octanol–water partition coefficient (Wildman–Crippen LogP) is 6.13. The van der Waals surface area contributed by atoms with Crippen LogP contribution in [-0.4, -0.2) is 22.1 Å². The minimum absolute atomic E-state index is 0.126. The Balaban J connectivity index is 1.74. The van der Waals surface area contributed by atoms with Crippen LogP contribution in [0.5, 0.6) is 0 Å². The van der Waals surface area contributed by atoms with Gasteiger partial charge in [-0.1, -0.05) is 65.8 Å². The van der Waals surface area contributed by atoms with E-state index in [1.807, 2.05) is 54.6 Å². The number of fused-ring (bicyclic) bond motifs is 1. The first-order valence-electron chi connectivity index (χ1n) is 10.6. The Morgan fingerprint density at radius 3 is 2.55 bits per heavy atom. The second-order valence-corrected chi connectivity index (χ2v) is 9.84. The lowest BCUT2D eigenvalue weighted by Gasteiger charge is -2.12. The number of rotatable bonds is 8. The molecule has 0 aliphatic rings. The van der Waals surface area contributed by atoms with Gasteiger partial charge in [-0.15, -0.1) is 11.3 Å². The molecule has 0 saturated carbocycles. The van der Waals surface area contributed by atoms with E-state index in [2.05, 4.69) is 0 Å². The zero-order valence-corrected chi connectivity index (χ0v) is 20.7. The number of carbonyl (C=O) groups excluding carboxylic acids is 1. The van der Waals surface area contributed by atoms with Crippen molar-refractivity contribution in [3.05, 3.63) is 91.5 Å². The van der Waals surface area contributed by atoms with Crippen molar-refractivity contribution >= 4 is 50.9 Å². The highest BCUT2D eigenvalue weighted by Crippen LogP contribution is 2.31. The molecule has 4 rings (SSSR count). The van der Waals surface area contributed by atoms with Crippen LogP contribution in [0.25, 0.3) is 10.2 Å². The molecule has 0 saturated heterocycles. The number of benzene rings is 2. The Hall–Kier alpha value is -2.61. The third kappa shape index (κ3) is 5.32. The van der Waals surface area contributed by atoms with Crippen molar-refractivity contribution in [2.45, 2.75) is 37.7 Å². The minimum atomic E-state index is -0.413. The van der Waals surface area contributed by atoms with Crippen LogP contribution in [0.2, 0.25) is 5.02 Å². The normalized spacial score (nSPS) is 11.1. The molecule has 4 aromatic rings. The molecule has 0 aliphatic heterocycles. The summed E-state index contributed by atoms with van der Waals surface area (Å²) in [7, 11) is 0. The average Bonchev–Trinajstić information content (AvgIpc) is 3.15. The molecular formula is C25H23ClN2O3S2. The van der Waals surface area contributed by atoms with Crippen LogP contribution in [0.4, 0.5) is 0 Å². The number of aromatic nitrogens is 2. The number of thiophene rings is 1. The summed E-state index contributed by atoms with van der Waals surface area (Å²) in [5, 5.41) is 1.81. The molecule has 0 N–H and O–H groups in total. The number of hydrogen-bond donors (Lipinski definition) is 0. The fourth-order valence-corrected chi connectivity index (χ4v) is 5.73. The maximum absolute atomic E-state index is 13.6. The number of thioether (sulfide) groups is 1. The molecule has 0 radical (unpaired) electrons. The SMILES string of the molecule is CCOC(=O)c1sc2nc(SCc3ccc(Cl)cc3)n(CCc3ccccc3)c(=O)c2c1C. The van der Waals surface area contributed by atoms with Gasteiger partial charge in [-0.05, 0) is 49.1 Å². The topological polar surface area (TPSA) is 61.2 Å². The Morgan fingerprint density at radius 2 is 1.85 bits per heavy atom. The lowest BCUT2D eigenvalue weighted by atomic mass is 10.1. The minimum Gasteiger partial charge on any atom is -0.462 e. The summed E-state index contributed by atoms with van der Waals surface area (Å²) in [6.45, 7) is 4.33. The highest BCUT2D eigenvalue weighted by Gasteiger charge is 2.22. The lowest BCUT2D eigenvalue weighted by Crippen LogP contribution is -2.24. The molecule has 0 fully saturated rings. The highest BCUT2D eigenvalue weighted by atomic mass is 35.5. The first kappa shape index (κ1) is 23.5. The molecular weight excluding hydrogens is 476 g/mol. The van der Waals surface area contributed by atoms with Crippen LogP contribution in [0.15, 0.2) is 64.5 Å². The monoisotopic (exact) mass is 498 g/mol. The number of carbonyl (C=O) groups is 1. The fourth-order valence-electron chi connectivity index (χ4n) is 3.51. The molecule has 0 unspecified atom stereocenters. The van der Waals surface area contributed by atoms with E-state index in [4.69, 9.17) is 21.3 Å². The summed E-state index contributed by atoms with van der Waals surface area (Å²) >= 11 is 8.72. The van der Waals surface area contributed by atoms with Crippen LogP contribution < -0.4 is 5.56 Å². The molecule has 2 aromatic heterocycles. The van der Waals surface area contributed by atoms with Crippen molar-refractivity contribution in [2.75, 3.05) is 6.61 Å². The third-order valence-electron chi connectivity index (χ3n) is 5.22. The van der Waals surface area contributed by atoms with Gasteiger partial charge in [0.15, 0.2) is 5.16 Å². The average molecular weight is 499 g/mol. The predicted molar refractivity (Wildman–Crippen MR) is 136 cm³/mol. The van der Waals surface area contributed by atoms with E-state index in [-0.39, 0.29) is 12.2 Å². The second kappa shape index (κ2) is 10.5. The van der Waals surface area contributed by atoms with Gasteiger partial charge in [0.2, 0.25) is 0 Å². The number of nitrogens with zero attached hydrogens (tertiary/aromatic N) is 2. The lowest BCUT2D eigenvalue weighted by molar-refractivity contribution is 0.0531. The third-order valence-corrected chi connectivity index (χ3v) is 7.69. The molecule has 2 heterocycles. The summed E-state index contributed by atoms with van der Waals surface area (Å²) in [5.41, 5.74) is 2.74. The quantitative estimate of drug-likeness (QED) is 0.166. The number of esters is 1. The Kier molecular flexibility index (Phi) is 7.53. The number of hydrogen-bond acceptors (Lipinski definition) is 6. The van der Waals surface area contributed by atoms with Gasteiger partial charge in [-0.3, -0.25) is 9.36 Å². The van der Waals surface area contributed by atoms with Gasteiger partial charge >= 0.3 is 5.97 Å². The van der Waals surface area contributed by atoms with E-state index in [1.54, 1.807) is 18.4 Å². The van der Waals surface area contributed by atoms with E-state index < -0.39 is 5.97 Å². The van der Waals surface area contributed by atoms with Crippen LogP contribution in [0.3, 0.4) is 0 Å². The molecule has 0 spiro atoms. The molecule has 5 nitrogen and oxygen atoms in total. The zero-order chi connectivity index (χ0) is 23.4. The van der Waals surface area contributed by atoms with Crippen LogP contribution >= 0.6 is 34.7 Å². The summed E-state index contributed by atoms with van der Waals surface area (Å²) in [4.78, 5) is 31.8. The Morgan fingerprint density at radius 1 is 1.12 bits per heavy atom. The first-order chi connectivity index (χ1) is 16.0. The van der Waals surface area contributed by atoms with E-state index in [0.717, 1.165) is 11.1 Å². The van der Waals surface area contributed by atoms with Crippen molar-refractivity contribution in [3.63, 3.8) is 0 Å². The van der Waals surface area contributed by atoms with E-state index in [1.165, 1.54) is 23.1 Å². The fraction of sp³-hybridized carbons (Fsp3) is 0.240. The first-order valence-corrected chi connectivity index (χ1v) is 12.8. The molecule has 0 amide bonds. The van der Waals surface area contributed by atoms with Gasteiger partial charge < -0.3 is 4.74 Å². The molecule has 33 heavy (non-hydrogen) atoms. The van der Waals surface area contributed by atoms with Gasteiger partial charge in [0, 0.05) is 17.3 Å². The largest absolute Gasteiger partial charge is 0.462 e. The maximum atomic E-state index is 13.6. The van der Waals surface area contributed by atoms with E-state index in [0.29, 0.717) is 49.6 Å². The summed E-state index contributed by atoms with van der Waals surface area (Å²) in [5.74, 6) is 0.235. The van der Waals surface area contributed by atoms with Crippen LogP contribution in [-0.2, 0) is 23.5 Å². The number of halogens is 1. The highest BCUT2D eigenvalue weighted by molar-refractivity contribution is 7.98. The molecule has 0 bridgehead atoms. The van der Waals surface area contributed by atoms with Gasteiger partial charge in [0.1, 0.15) is 9.71 Å². The summed E-state index contributed by atoms with van der Waals surface area (Å²) < 4.78 is 6.90. The van der Waals surface area contributed by atoms with Gasteiger partial charge in [0.25, 0.3) is 5.56 Å². The van der Waals surface area contributed by atoms with Gasteiger partial charge in [-0.2, -0.15) is 0 Å². The van der Waals surface area contributed by atoms with Crippen LogP contribution in [0.1, 0.15) is 33.3 Å². The molecule has 0 atom stereocenters. The second-order valence-electron chi connectivity index (χ2n) is 7.46. The summed E-state index contributed by atoms with van der Waals surface area (Å²) in [6, 6.07) is 17.7. The van der Waals surface area contributed by atoms with Crippen molar-refractivity contribution in [2.24, 2.45) is 0 Å². The zero-order valence-electron chi connectivity index (χ0n) is 18.3. The number of ether oxygens (including phenoxy) is 1. The van der Waals surface area contributed by atoms with Crippen LogP contribution in [0, 0.1) is 6.92 Å². The van der Waals surface area contributed by atoms with Crippen molar-refractivity contribution in [1.82, 2.24) is 9.55 Å². The summed E-state index contributed by atoms with van der Waals surface area (Å²) in [6.07, 6.45) is 0.705. The maximum Gasteiger partial charge on any atom is 0.348 e. The Labute approximate surface area is 205 Å². The Bertz CT molecular complexity index is 1330. The molecule has 0 aliphatic carbocycles. The smallest absolute Gasteiger partial charge is 0.348 e. The van der Waals surface area contributed by atoms with Gasteiger partial charge in [0.05, 0.1) is 12.0 Å². The van der Waals surface area contributed by atoms with Gasteiger partial charge in [-0.25, -0.2) is 9.78 Å². The van der Waals surface area contributed by atoms with Crippen molar-refractivity contribution < 1.29 is 9.53 Å². The van der Waals surface area contributed by atoms with Crippen molar-refractivity contribution in [3.8, 4) is 0 Å². The number of aryl methyl sites for hydroxylation is 2. The standard InChI is InChI=1S/C25H23ClN2O3S2/c1-3-31-24(30)21-16(2)20-22(33-21)27-25(32-15-18-9-11-19(26)12-10-18)28(23(20)29)14-13-17-7-5-4-6-8-17/h4-12H,3,13-15H2,1-2H3. The van der Waals surface area contributed by atoms with E-state index >= 15 is 0 Å². The van der Waals surface area contributed by atoms with Crippen molar-refractivity contribution in [1.29, 1.82) is 0 Å². The molecule has 170 valence electrons.